The standard InChI is InChI=1S/C57H107NO5/c1-3-5-7-9-11-13-15-17-19-21-22-25-29-33-37-41-45-49-55(60)54(53-59)58-56(61)50-46-42-38-34-30-26-24-28-32-36-40-44-48-52-63-57(62)51-47-43-39-35-31-27-23-20-18-16-14-12-10-8-6-4-2/h14,16,20,23,45,49,54-55,59-60H,3-13,15,17-19,21-22,24-44,46-48,50-53H2,1-2H3,(H,58,61)/b16-14-,23-20-,49-45+. The second-order valence-corrected chi connectivity index (χ2v) is 18.9. The van der Waals surface area contributed by atoms with E-state index in [1.54, 1.807) is 6.08 Å². The maximum atomic E-state index is 12.5. The molecule has 0 aliphatic heterocycles. The lowest BCUT2D eigenvalue weighted by Gasteiger charge is -2.20. The number of rotatable bonds is 51. The number of carbonyl (C=O) groups is 2. The van der Waals surface area contributed by atoms with Crippen molar-refractivity contribution in [2.45, 2.75) is 302 Å². The number of aliphatic hydroxyl groups is 2. The number of unbranched alkanes of at least 4 members (excludes halogenated alkanes) is 36. The highest BCUT2D eigenvalue weighted by Gasteiger charge is 2.18. The first kappa shape index (κ1) is 61.1. The molecule has 0 aliphatic carbocycles. The molecule has 0 rings (SSSR count). The molecule has 0 aromatic carbocycles. The fraction of sp³-hybridized carbons (Fsp3) is 0.860. The zero-order valence-corrected chi connectivity index (χ0v) is 42.1. The normalized spacial score (nSPS) is 12.9. The Hall–Kier alpha value is -1.92. The summed E-state index contributed by atoms with van der Waals surface area (Å²) >= 11 is 0. The van der Waals surface area contributed by atoms with Gasteiger partial charge in [-0.15, -0.1) is 0 Å². The van der Waals surface area contributed by atoms with Gasteiger partial charge in [-0.25, -0.2) is 0 Å². The smallest absolute Gasteiger partial charge is 0.305 e. The number of hydrogen-bond donors (Lipinski definition) is 3. The molecule has 0 saturated heterocycles. The van der Waals surface area contributed by atoms with Crippen molar-refractivity contribution in [3.8, 4) is 0 Å². The molecule has 0 spiro atoms. The van der Waals surface area contributed by atoms with Crippen LogP contribution < -0.4 is 5.32 Å². The van der Waals surface area contributed by atoms with Crippen LogP contribution in [0.4, 0.5) is 0 Å². The topological polar surface area (TPSA) is 95.9 Å². The van der Waals surface area contributed by atoms with Crippen LogP contribution in [0.5, 0.6) is 0 Å². The van der Waals surface area contributed by atoms with Gasteiger partial charge in [-0.05, 0) is 64.2 Å². The first-order valence-corrected chi connectivity index (χ1v) is 27.8. The second-order valence-electron chi connectivity index (χ2n) is 18.9. The summed E-state index contributed by atoms with van der Waals surface area (Å²) in [6.45, 7) is 4.86. The van der Waals surface area contributed by atoms with Gasteiger partial charge < -0.3 is 20.3 Å². The molecule has 2 unspecified atom stereocenters. The van der Waals surface area contributed by atoms with Gasteiger partial charge in [0.1, 0.15) is 0 Å². The lowest BCUT2D eigenvalue weighted by molar-refractivity contribution is -0.143. The first-order valence-electron chi connectivity index (χ1n) is 27.8. The molecular weight excluding hydrogens is 779 g/mol. The van der Waals surface area contributed by atoms with Crippen LogP contribution in [0, 0.1) is 0 Å². The predicted molar refractivity (Wildman–Crippen MR) is 273 cm³/mol. The summed E-state index contributed by atoms with van der Waals surface area (Å²) in [5.41, 5.74) is 0. The predicted octanol–water partition coefficient (Wildman–Crippen LogP) is 16.9. The fourth-order valence-corrected chi connectivity index (χ4v) is 8.37. The fourth-order valence-electron chi connectivity index (χ4n) is 8.37. The van der Waals surface area contributed by atoms with E-state index in [-0.39, 0.29) is 18.5 Å². The van der Waals surface area contributed by atoms with Crippen molar-refractivity contribution in [3.63, 3.8) is 0 Å². The molecule has 0 aromatic heterocycles. The largest absolute Gasteiger partial charge is 0.466 e. The molecule has 0 fully saturated rings. The average molecular weight is 886 g/mol. The van der Waals surface area contributed by atoms with Gasteiger partial charge in [0.05, 0.1) is 25.4 Å². The molecule has 0 aromatic rings. The van der Waals surface area contributed by atoms with Crippen LogP contribution in [0.25, 0.3) is 0 Å². The minimum absolute atomic E-state index is 0.0204. The highest BCUT2D eigenvalue weighted by molar-refractivity contribution is 5.76. The summed E-state index contributed by atoms with van der Waals surface area (Å²) in [4.78, 5) is 24.5. The third-order valence-corrected chi connectivity index (χ3v) is 12.7. The minimum Gasteiger partial charge on any atom is -0.466 e. The lowest BCUT2D eigenvalue weighted by atomic mass is 10.0. The number of allylic oxidation sites excluding steroid dienone is 5. The number of esters is 1. The van der Waals surface area contributed by atoms with Crippen LogP contribution in [0.1, 0.15) is 290 Å². The molecule has 370 valence electrons. The van der Waals surface area contributed by atoms with Crippen molar-refractivity contribution in [1.82, 2.24) is 5.32 Å². The lowest BCUT2D eigenvalue weighted by Crippen LogP contribution is -2.45. The summed E-state index contributed by atoms with van der Waals surface area (Å²) in [6, 6.07) is -0.639. The number of hydrogen-bond acceptors (Lipinski definition) is 5. The first-order chi connectivity index (χ1) is 31.0. The molecule has 63 heavy (non-hydrogen) atoms. The quantitative estimate of drug-likeness (QED) is 0.0321. The van der Waals surface area contributed by atoms with E-state index in [1.807, 2.05) is 6.08 Å². The summed E-state index contributed by atoms with van der Waals surface area (Å²) in [5.74, 6) is -0.101. The molecule has 0 bridgehead atoms. The Morgan fingerprint density at radius 1 is 0.444 bits per heavy atom. The Bertz CT molecular complexity index is 1020. The van der Waals surface area contributed by atoms with Crippen molar-refractivity contribution in [2.24, 2.45) is 0 Å². The summed E-state index contributed by atoms with van der Waals surface area (Å²) < 4.78 is 5.46. The SMILES string of the molecule is CCCCCC/C=C\C/C=C\CCCCCCCC(=O)OCCCCCCCCCCCCCCCC(=O)NC(CO)C(O)/C=C/CCCCCCCCCCCCCCCCC. The van der Waals surface area contributed by atoms with Crippen molar-refractivity contribution in [2.75, 3.05) is 13.2 Å². The zero-order chi connectivity index (χ0) is 45.8. The third kappa shape index (κ3) is 49.4. The Morgan fingerprint density at radius 2 is 0.794 bits per heavy atom. The maximum absolute atomic E-state index is 12.5. The number of carbonyl (C=O) groups excluding carboxylic acids is 2. The van der Waals surface area contributed by atoms with Gasteiger partial charge >= 0.3 is 5.97 Å². The Balaban J connectivity index is 3.50. The molecule has 6 nitrogen and oxygen atoms in total. The highest BCUT2D eigenvalue weighted by atomic mass is 16.5. The van der Waals surface area contributed by atoms with Crippen LogP contribution in [0.2, 0.25) is 0 Å². The third-order valence-electron chi connectivity index (χ3n) is 12.7. The number of ether oxygens (including phenoxy) is 1. The van der Waals surface area contributed by atoms with E-state index in [4.69, 9.17) is 4.74 Å². The molecule has 0 radical (unpaired) electrons. The monoisotopic (exact) mass is 886 g/mol. The van der Waals surface area contributed by atoms with E-state index in [0.29, 0.717) is 19.4 Å². The van der Waals surface area contributed by atoms with Crippen molar-refractivity contribution in [1.29, 1.82) is 0 Å². The van der Waals surface area contributed by atoms with E-state index >= 15 is 0 Å². The molecule has 6 heteroatoms. The molecule has 0 heterocycles. The van der Waals surface area contributed by atoms with Crippen molar-refractivity contribution in [3.05, 3.63) is 36.5 Å². The van der Waals surface area contributed by atoms with E-state index < -0.39 is 12.1 Å². The highest BCUT2D eigenvalue weighted by Crippen LogP contribution is 2.16. The van der Waals surface area contributed by atoms with E-state index in [2.05, 4.69) is 43.5 Å². The molecule has 1 amide bonds. The number of amides is 1. The summed E-state index contributed by atoms with van der Waals surface area (Å²) in [7, 11) is 0. The van der Waals surface area contributed by atoms with Crippen LogP contribution in [-0.4, -0.2) is 47.4 Å². The Labute approximate surface area is 392 Å². The van der Waals surface area contributed by atoms with Gasteiger partial charge in [-0.1, -0.05) is 249 Å². The van der Waals surface area contributed by atoms with Crippen LogP contribution in [-0.2, 0) is 14.3 Å². The van der Waals surface area contributed by atoms with E-state index in [0.717, 1.165) is 64.2 Å². The van der Waals surface area contributed by atoms with Crippen LogP contribution >= 0.6 is 0 Å². The molecule has 0 aliphatic rings. The van der Waals surface area contributed by atoms with Gasteiger partial charge in [0.15, 0.2) is 0 Å². The summed E-state index contributed by atoms with van der Waals surface area (Å²) in [5, 5.41) is 23.1. The number of aliphatic hydroxyl groups excluding tert-OH is 2. The van der Waals surface area contributed by atoms with Crippen LogP contribution in [0.15, 0.2) is 36.5 Å². The molecule has 2 atom stereocenters. The number of nitrogens with one attached hydrogen (secondary N) is 1. The van der Waals surface area contributed by atoms with Gasteiger partial charge in [-0.2, -0.15) is 0 Å². The van der Waals surface area contributed by atoms with Gasteiger partial charge in [0, 0.05) is 12.8 Å². The molecule has 0 saturated carbocycles. The maximum Gasteiger partial charge on any atom is 0.305 e. The Morgan fingerprint density at radius 3 is 1.22 bits per heavy atom. The van der Waals surface area contributed by atoms with E-state index in [9.17, 15) is 19.8 Å². The van der Waals surface area contributed by atoms with Gasteiger partial charge in [0.2, 0.25) is 5.91 Å². The zero-order valence-electron chi connectivity index (χ0n) is 42.1. The summed E-state index contributed by atoms with van der Waals surface area (Å²) in [6.07, 6.45) is 64.3. The molecule has 3 N–H and O–H groups in total. The molecular formula is C57H107NO5. The van der Waals surface area contributed by atoms with Gasteiger partial charge in [-0.3, -0.25) is 9.59 Å². The van der Waals surface area contributed by atoms with Gasteiger partial charge in [0.25, 0.3) is 0 Å². The Kier molecular flexibility index (Phi) is 51.1. The minimum atomic E-state index is -0.854. The second kappa shape index (κ2) is 52.7. The van der Waals surface area contributed by atoms with E-state index in [1.165, 1.54) is 199 Å². The van der Waals surface area contributed by atoms with Crippen molar-refractivity contribution < 1.29 is 24.5 Å². The van der Waals surface area contributed by atoms with Crippen LogP contribution in [0.3, 0.4) is 0 Å². The van der Waals surface area contributed by atoms with Crippen molar-refractivity contribution >= 4 is 11.9 Å². The average Bonchev–Trinajstić information content (AvgIpc) is 3.28.